The fourth-order valence-corrected chi connectivity index (χ4v) is 2.71. The molecule has 122 valence electrons. The van der Waals surface area contributed by atoms with Gasteiger partial charge in [0.1, 0.15) is 6.54 Å². The van der Waals surface area contributed by atoms with Gasteiger partial charge in [-0.15, -0.1) is 0 Å². The maximum absolute atomic E-state index is 12.0. The molecule has 0 aliphatic carbocycles. The fraction of sp³-hybridized carbons (Fsp3) is 0.188. The van der Waals surface area contributed by atoms with Crippen LogP contribution in [0.4, 0.5) is 5.69 Å². The number of nitrogens with zero attached hydrogens (tertiary/aromatic N) is 1. The molecule has 7 heteroatoms. The van der Waals surface area contributed by atoms with E-state index in [-0.39, 0.29) is 12.5 Å². The van der Waals surface area contributed by atoms with Gasteiger partial charge in [-0.3, -0.25) is 13.3 Å². The van der Waals surface area contributed by atoms with Crippen LogP contribution in [0.5, 0.6) is 0 Å². The summed E-state index contributed by atoms with van der Waals surface area (Å²) in [5.74, 6) is -0.363. The molecule has 23 heavy (non-hydrogen) atoms. The third kappa shape index (κ3) is 5.46. The van der Waals surface area contributed by atoms with Gasteiger partial charge in [-0.2, -0.15) is 0 Å². The minimum atomic E-state index is -2.52. The molecule has 0 saturated carbocycles. The van der Waals surface area contributed by atoms with E-state index in [0.29, 0.717) is 12.2 Å². The molecule has 2 aromatic carbocycles. The predicted molar refractivity (Wildman–Crippen MR) is 93.4 cm³/mol. The van der Waals surface area contributed by atoms with Crippen LogP contribution in [-0.2, 0) is 22.6 Å². The van der Waals surface area contributed by atoms with Crippen molar-refractivity contribution in [2.24, 2.45) is 0 Å². The first-order chi connectivity index (χ1) is 11.0. The Balaban J connectivity index is 1.96. The maximum Gasteiger partial charge on any atom is 0.240 e. The quantitative estimate of drug-likeness (QED) is 0.764. The number of hydrogen-bond acceptors (Lipinski definition) is 3. The summed E-state index contributed by atoms with van der Waals surface area (Å²) in [4.78, 5) is 12.0. The van der Waals surface area contributed by atoms with Crippen LogP contribution in [-0.4, -0.2) is 21.2 Å². The Labute approximate surface area is 146 Å². The van der Waals surface area contributed by atoms with Crippen molar-refractivity contribution < 1.29 is 13.6 Å². The number of benzene rings is 2. The molecule has 0 aliphatic rings. The summed E-state index contributed by atoms with van der Waals surface area (Å²) in [5.41, 5.74) is 2.42. The summed E-state index contributed by atoms with van der Waals surface area (Å²) < 4.78 is 24.7. The van der Waals surface area contributed by atoms with E-state index >= 15 is 0 Å². The van der Waals surface area contributed by atoms with Gasteiger partial charge in [0.25, 0.3) is 0 Å². The first-order valence-electron chi connectivity index (χ1n) is 6.90. The lowest BCUT2D eigenvalue weighted by atomic mass is 10.2. The van der Waals surface area contributed by atoms with Crippen LogP contribution < -0.4 is 9.62 Å². The largest absolute Gasteiger partial charge is 0.755 e. The highest BCUT2D eigenvalue weighted by atomic mass is 79.9. The molecule has 0 aliphatic heterocycles. The van der Waals surface area contributed by atoms with E-state index in [1.54, 1.807) is 24.3 Å². The van der Waals surface area contributed by atoms with Crippen molar-refractivity contribution in [2.75, 3.05) is 10.8 Å². The van der Waals surface area contributed by atoms with Gasteiger partial charge in [-0.05, 0) is 36.8 Å². The van der Waals surface area contributed by atoms with Crippen molar-refractivity contribution in [1.29, 1.82) is 0 Å². The van der Waals surface area contributed by atoms with E-state index in [0.717, 1.165) is 19.9 Å². The lowest BCUT2D eigenvalue weighted by Crippen LogP contribution is -2.38. The van der Waals surface area contributed by atoms with Crippen LogP contribution in [0.25, 0.3) is 0 Å². The van der Waals surface area contributed by atoms with Gasteiger partial charge in [-0.1, -0.05) is 45.8 Å². The summed E-state index contributed by atoms with van der Waals surface area (Å²) in [7, 11) is 0. The molecular weight excluding hydrogens is 380 g/mol. The molecule has 0 bridgehead atoms. The molecule has 0 aromatic heterocycles. The summed E-state index contributed by atoms with van der Waals surface area (Å²) in [6, 6.07) is 14.5. The Bertz CT molecular complexity index is 689. The SMILES string of the molecule is Cc1ccc(N(CC(=O)NCc2ccc(Br)cc2)S(=O)[O-])cc1. The van der Waals surface area contributed by atoms with Crippen molar-refractivity contribution in [1.82, 2.24) is 5.32 Å². The first kappa shape index (κ1) is 17.7. The number of nitrogens with one attached hydrogen (secondary N) is 1. The topological polar surface area (TPSA) is 72.5 Å². The number of aryl methyl sites for hydroxylation is 1. The van der Waals surface area contributed by atoms with Crippen LogP contribution in [0.3, 0.4) is 0 Å². The third-order valence-corrected chi connectivity index (χ3v) is 4.42. The zero-order valence-corrected chi connectivity index (χ0v) is 14.9. The van der Waals surface area contributed by atoms with Gasteiger partial charge in [0.2, 0.25) is 5.91 Å². The molecule has 2 rings (SSSR count). The second-order valence-electron chi connectivity index (χ2n) is 4.99. The molecule has 5 nitrogen and oxygen atoms in total. The molecule has 0 radical (unpaired) electrons. The molecule has 1 N–H and O–H groups in total. The molecule has 0 spiro atoms. The fourth-order valence-electron chi connectivity index (χ4n) is 1.93. The molecule has 1 amide bonds. The van der Waals surface area contributed by atoms with E-state index in [1.165, 1.54) is 0 Å². The van der Waals surface area contributed by atoms with E-state index < -0.39 is 11.3 Å². The minimum Gasteiger partial charge on any atom is -0.755 e. The molecule has 1 atom stereocenters. The molecule has 1 unspecified atom stereocenters. The zero-order valence-electron chi connectivity index (χ0n) is 12.5. The second kappa shape index (κ2) is 8.24. The predicted octanol–water partition coefficient (Wildman–Crippen LogP) is 2.67. The van der Waals surface area contributed by atoms with E-state index in [2.05, 4.69) is 21.2 Å². The average molecular weight is 396 g/mol. The van der Waals surface area contributed by atoms with Crippen LogP contribution in [0.15, 0.2) is 53.0 Å². The number of carbonyl (C=O) groups is 1. The summed E-state index contributed by atoms with van der Waals surface area (Å²) in [6.45, 7) is 2.00. The highest BCUT2D eigenvalue weighted by Gasteiger charge is 2.12. The Hall–Kier alpha value is -1.70. The lowest BCUT2D eigenvalue weighted by molar-refractivity contribution is -0.119. The lowest BCUT2D eigenvalue weighted by Gasteiger charge is -2.25. The van der Waals surface area contributed by atoms with Gasteiger partial charge in [0, 0.05) is 28.0 Å². The number of rotatable bonds is 6. The Kier molecular flexibility index (Phi) is 6.32. The number of hydrogen-bond donors (Lipinski definition) is 1. The molecule has 2 aromatic rings. The molecule has 0 saturated heterocycles. The summed E-state index contributed by atoms with van der Waals surface area (Å²) in [5, 5.41) is 2.72. The van der Waals surface area contributed by atoms with Crippen molar-refractivity contribution >= 4 is 38.8 Å². The van der Waals surface area contributed by atoms with Crippen molar-refractivity contribution in [3.05, 3.63) is 64.1 Å². The number of anilines is 1. The Morgan fingerprint density at radius 3 is 2.35 bits per heavy atom. The highest BCUT2D eigenvalue weighted by Crippen LogP contribution is 2.16. The second-order valence-corrected chi connectivity index (χ2v) is 6.78. The van der Waals surface area contributed by atoms with Crippen LogP contribution in [0.2, 0.25) is 0 Å². The van der Waals surface area contributed by atoms with Gasteiger partial charge >= 0.3 is 0 Å². The van der Waals surface area contributed by atoms with E-state index in [9.17, 15) is 13.6 Å². The van der Waals surface area contributed by atoms with Gasteiger partial charge < -0.3 is 9.87 Å². The van der Waals surface area contributed by atoms with Crippen molar-refractivity contribution in [2.45, 2.75) is 13.5 Å². The van der Waals surface area contributed by atoms with Gasteiger partial charge in [-0.25, -0.2) is 0 Å². The smallest absolute Gasteiger partial charge is 0.240 e. The highest BCUT2D eigenvalue weighted by molar-refractivity contribution is 9.10. The zero-order chi connectivity index (χ0) is 16.8. The van der Waals surface area contributed by atoms with Crippen LogP contribution in [0.1, 0.15) is 11.1 Å². The number of carbonyl (C=O) groups excluding carboxylic acids is 1. The summed E-state index contributed by atoms with van der Waals surface area (Å²) >= 11 is 0.826. The van der Waals surface area contributed by atoms with Crippen molar-refractivity contribution in [3.8, 4) is 0 Å². The number of halogens is 1. The average Bonchev–Trinajstić information content (AvgIpc) is 2.53. The van der Waals surface area contributed by atoms with Crippen LogP contribution >= 0.6 is 15.9 Å². The maximum atomic E-state index is 12.0. The normalized spacial score (nSPS) is 11.8. The Morgan fingerprint density at radius 1 is 1.17 bits per heavy atom. The van der Waals surface area contributed by atoms with Crippen LogP contribution in [0, 0.1) is 6.92 Å². The molecule has 0 fully saturated rings. The van der Waals surface area contributed by atoms with Gasteiger partial charge in [0.15, 0.2) is 0 Å². The molecular formula is C16H16BrN2O3S-. The Morgan fingerprint density at radius 2 is 1.78 bits per heavy atom. The van der Waals surface area contributed by atoms with Crippen molar-refractivity contribution in [3.63, 3.8) is 0 Å². The van der Waals surface area contributed by atoms with Gasteiger partial charge in [0.05, 0.1) is 0 Å². The van der Waals surface area contributed by atoms with E-state index in [4.69, 9.17) is 0 Å². The first-order valence-corrected chi connectivity index (χ1v) is 8.73. The van der Waals surface area contributed by atoms with E-state index in [1.807, 2.05) is 31.2 Å². The molecule has 0 heterocycles. The summed E-state index contributed by atoms with van der Waals surface area (Å²) in [6.07, 6.45) is 0. The number of amides is 1. The minimum absolute atomic E-state index is 0.254. The third-order valence-electron chi connectivity index (χ3n) is 3.19. The monoisotopic (exact) mass is 395 g/mol. The standard InChI is InChI=1S/C16H17BrN2O3S/c1-12-2-8-15(9-3-12)19(23(21)22)11-16(20)18-10-13-4-6-14(17)7-5-13/h2-9H,10-11H2,1H3,(H,18,20)(H,21,22)/p-1.